The van der Waals surface area contributed by atoms with E-state index in [4.69, 9.17) is 15.2 Å². The van der Waals surface area contributed by atoms with Crippen molar-refractivity contribution in [3.63, 3.8) is 0 Å². The number of aromatic nitrogens is 1. The molecule has 0 aliphatic carbocycles. The van der Waals surface area contributed by atoms with Crippen LogP contribution in [0.5, 0.6) is 11.5 Å². The van der Waals surface area contributed by atoms with Crippen LogP contribution >= 0.6 is 12.4 Å². The lowest BCUT2D eigenvalue weighted by Gasteiger charge is -2.25. The van der Waals surface area contributed by atoms with Crippen LogP contribution in [0.4, 0.5) is 0 Å². The first kappa shape index (κ1) is 26.0. The molecule has 0 spiro atoms. The Kier molecular flexibility index (Phi) is 9.37. The summed E-state index contributed by atoms with van der Waals surface area (Å²) in [5, 5.41) is 1.23. The van der Waals surface area contributed by atoms with Crippen molar-refractivity contribution in [2.45, 2.75) is 73.6 Å². The van der Waals surface area contributed by atoms with Crippen LogP contribution in [0.2, 0.25) is 0 Å². The van der Waals surface area contributed by atoms with Gasteiger partial charge in [-0.25, -0.2) is 0 Å². The van der Waals surface area contributed by atoms with Crippen LogP contribution in [0.3, 0.4) is 0 Å². The SMILES string of the molecule is CCCCOc1c(CN)n(CC(C)(C)C)c(=O)c2ccc(OC(C)C(C)=O)cc12.Cl. The third-order valence-electron chi connectivity index (χ3n) is 4.75. The smallest absolute Gasteiger partial charge is 0.258 e. The van der Waals surface area contributed by atoms with Crippen molar-refractivity contribution < 1.29 is 14.3 Å². The number of ketones is 1. The molecule has 6 nitrogen and oxygen atoms in total. The molecular formula is C23H35ClN2O4. The number of hydrogen-bond acceptors (Lipinski definition) is 5. The molecule has 1 heterocycles. The van der Waals surface area contributed by atoms with Gasteiger partial charge in [0.05, 0.1) is 17.7 Å². The number of carbonyl (C=O) groups excluding carboxylic acids is 1. The van der Waals surface area contributed by atoms with Gasteiger partial charge in [0, 0.05) is 18.5 Å². The topological polar surface area (TPSA) is 83.6 Å². The summed E-state index contributed by atoms with van der Waals surface area (Å²) in [6, 6.07) is 5.24. The summed E-state index contributed by atoms with van der Waals surface area (Å²) >= 11 is 0. The lowest BCUT2D eigenvalue weighted by atomic mass is 9.96. The predicted octanol–water partition coefficient (Wildman–Crippen LogP) is 4.46. The zero-order valence-corrected chi connectivity index (χ0v) is 19.7. The van der Waals surface area contributed by atoms with Gasteiger partial charge < -0.3 is 19.8 Å². The van der Waals surface area contributed by atoms with Gasteiger partial charge >= 0.3 is 0 Å². The molecule has 168 valence electrons. The van der Waals surface area contributed by atoms with Crippen LogP contribution in [-0.2, 0) is 17.9 Å². The fourth-order valence-electron chi connectivity index (χ4n) is 3.13. The zero-order valence-electron chi connectivity index (χ0n) is 18.9. The minimum Gasteiger partial charge on any atom is -0.491 e. The fourth-order valence-corrected chi connectivity index (χ4v) is 3.13. The highest BCUT2D eigenvalue weighted by molar-refractivity contribution is 5.90. The summed E-state index contributed by atoms with van der Waals surface area (Å²) in [5.74, 6) is 1.09. The van der Waals surface area contributed by atoms with Gasteiger partial charge in [-0.15, -0.1) is 12.4 Å². The molecule has 2 aromatic rings. The third-order valence-corrected chi connectivity index (χ3v) is 4.75. The number of fused-ring (bicyclic) bond motifs is 1. The first-order valence-corrected chi connectivity index (χ1v) is 10.3. The Morgan fingerprint density at radius 2 is 1.90 bits per heavy atom. The third kappa shape index (κ3) is 6.22. The average Bonchev–Trinajstić information content (AvgIpc) is 2.64. The van der Waals surface area contributed by atoms with E-state index < -0.39 is 6.10 Å². The molecule has 0 aliphatic rings. The van der Waals surface area contributed by atoms with Gasteiger partial charge in [0.1, 0.15) is 11.5 Å². The molecule has 0 amide bonds. The number of benzene rings is 1. The van der Waals surface area contributed by atoms with Gasteiger partial charge in [-0.1, -0.05) is 34.1 Å². The largest absolute Gasteiger partial charge is 0.491 e. The molecule has 1 aromatic heterocycles. The normalized spacial score (nSPS) is 12.4. The molecule has 0 saturated carbocycles. The Labute approximate surface area is 185 Å². The maximum Gasteiger partial charge on any atom is 0.258 e. The molecule has 0 radical (unpaired) electrons. The van der Waals surface area contributed by atoms with Crippen molar-refractivity contribution in [3.8, 4) is 11.5 Å². The molecule has 0 saturated heterocycles. The van der Waals surface area contributed by atoms with E-state index in [1.165, 1.54) is 6.92 Å². The van der Waals surface area contributed by atoms with Crippen molar-refractivity contribution in [2.75, 3.05) is 6.61 Å². The van der Waals surface area contributed by atoms with E-state index in [1.807, 2.05) is 0 Å². The average molecular weight is 439 g/mol. The van der Waals surface area contributed by atoms with E-state index in [2.05, 4.69) is 27.7 Å². The standard InChI is InChI=1S/C23H34N2O4.ClH/c1-7-8-11-28-21-19-12-17(29-16(3)15(2)26)9-10-18(19)22(27)25(20(21)13-24)14-23(4,5)6;/h9-10,12,16H,7-8,11,13-14,24H2,1-6H3;1H. The summed E-state index contributed by atoms with van der Waals surface area (Å²) in [7, 11) is 0. The Balaban J connectivity index is 0.00000450. The van der Waals surface area contributed by atoms with E-state index in [-0.39, 0.29) is 35.7 Å². The lowest BCUT2D eigenvalue weighted by molar-refractivity contribution is -0.122. The molecule has 1 unspecified atom stereocenters. The first-order chi connectivity index (χ1) is 13.6. The van der Waals surface area contributed by atoms with Crippen molar-refractivity contribution in [1.29, 1.82) is 0 Å². The summed E-state index contributed by atoms with van der Waals surface area (Å²) in [6.45, 7) is 12.8. The fraction of sp³-hybridized carbons (Fsp3) is 0.565. The molecule has 1 aromatic carbocycles. The minimum absolute atomic E-state index is 0. The summed E-state index contributed by atoms with van der Waals surface area (Å²) in [4.78, 5) is 24.8. The molecule has 30 heavy (non-hydrogen) atoms. The summed E-state index contributed by atoms with van der Waals surface area (Å²) in [6.07, 6.45) is 1.34. The van der Waals surface area contributed by atoms with E-state index in [9.17, 15) is 9.59 Å². The van der Waals surface area contributed by atoms with E-state index in [1.54, 1.807) is 29.7 Å². The second-order valence-corrected chi connectivity index (χ2v) is 8.71. The van der Waals surface area contributed by atoms with Gasteiger partial charge in [0.15, 0.2) is 11.9 Å². The van der Waals surface area contributed by atoms with Gasteiger partial charge in [-0.2, -0.15) is 0 Å². The van der Waals surface area contributed by atoms with E-state index >= 15 is 0 Å². The maximum atomic E-state index is 13.3. The van der Waals surface area contributed by atoms with E-state index in [0.29, 0.717) is 41.1 Å². The molecule has 0 fully saturated rings. The lowest BCUT2D eigenvalue weighted by Crippen LogP contribution is -2.31. The first-order valence-electron chi connectivity index (χ1n) is 10.3. The Hall–Kier alpha value is -2.05. The Morgan fingerprint density at radius 3 is 2.43 bits per heavy atom. The van der Waals surface area contributed by atoms with Crippen LogP contribution in [0.25, 0.3) is 10.8 Å². The number of Topliss-reactive ketones (excluding diaryl/α,β-unsaturated/α-hetero) is 1. The quantitative estimate of drug-likeness (QED) is 0.584. The van der Waals surface area contributed by atoms with Crippen LogP contribution in [0.1, 0.15) is 60.1 Å². The summed E-state index contributed by atoms with van der Waals surface area (Å²) < 4.78 is 13.6. The van der Waals surface area contributed by atoms with Crippen LogP contribution in [-0.4, -0.2) is 23.1 Å². The van der Waals surface area contributed by atoms with Gasteiger partial charge in [0.2, 0.25) is 0 Å². The number of rotatable bonds is 9. The van der Waals surface area contributed by atoms with Crippen molar-refractivity contribution in [2.24, 2.45) is 11.1 Å². The molecular weight excluding hydrogens is 404 g/mol. The number of nitrogens with two attached hydrogens (primary N) is 1. The number of hydrogen-bond donors (Lipinski definition) is 1. The molecule has 1 atom stereocenters. The predicted molar refractivity (Wildman–Crippen MR) is 124 cm³/mol. The number of pyridine rings is 1. The Bertz CT molecular complexity index is 931. The maximum absolute atomic E-state index is 13.3. The highest BCUT2D eigenvalue weighted by Gasteiger charge is 2.22. The summed E-state index contributed by atoms with van der Waals surface area (Å²) in [5.41, 5.74) is 6.57. The number of halogens is 1. The second kappa shape index (κ2) is 10.8. The number of carbonyl (C=O) groups is 1. The monoisotopic (exact) mass is 438 g/mol. The number of unbranched alkanes of at least 4 members (excludes halogenated alkanes) is 1. The minimum atomic E-state index is -0.563. The molecule has 2 rings (SSSR count). The van der Waals surface area contributed by atoms with Crippen LogP contribution < -0.4 is 20.8 Å². The number of nitrogens with zero attached hydrogens (tertiary/aromatic N) is 1. The van der Waals surface area contributed by atoms with Gasteiger partial charge in [-0.05, 0) is 43.9 Å². The number of ether oxygens (including phenoxy) is 2. The van der Waals surface area contributed by atoms with Crippen molar-refractivity contribution in [1.82, 2.24) is 4.57 Å². The molecule has 7 heteroatoms. The van der Waals surface area contributed by atoms with Crippen LogP contribution in [0.15, 0.2) is 23.0 Å². The zero-order chi connectivity index (χ0) is 21.8. The van der Waals surface area contributed by atoms with Crippen molar-refractivity contribution in [3.05, 3.63) is 34.2 Å². The molecule has 2 N–H and O–H groups in total. The Morgan fingerprint density at radius 1 is 1.23 bits per heavy atom. The molecule has 0 aliphatic heterocycles. The molecule has 0 bridgehead atoms. The van der Waals surface area contributed by atoms with Gasteiger partial charge in [0.25, 0.3) is 5.56 Å². The second-order valence-electron chi connectivity index (χ2n) is 8.71. The van der Waals surface area contributed by atoms with Crippen molar-refractivity contribution >= 4 is 29.0 Å². The van der Waals surface area contributed by atoms with E-state index in [0.717, 1.165) is 12.8 Å². The highest BCUT2D eigenvalue weighted by Crippen LogP contribution is 2.32. The van der Waals surface area contributed by atoms with Crippen LogP contribution in [0, 0.1) is 5.41 Å². The highest BCUT2D eigenvalue weighted by atomic mass is 35.5. The van der Waals surface area contributed by atoms with Gasteiger partial charge in [-0.3, -0.25) is 9.59 Å².